The lowest BCUT2D eigenvalue weighted by molar-refractivity contribution is -0.116. The number of hydrogen-bond donors (Lipinski definition) is 2. The van der Waals surface area contributed by atoms with Gasteiger partial charge in [0, 0.05) is 33.1 Å². The summed E-state index contributed by atoms with van der Waals surface area (Å²) in [6.45, 7) is 2.16. The minimum absolute atomic E-state index is 0.265. The molecule has 3 rings (SSSR count). The average Bonchev–Trinajstić information content (AvgIpc) is 3.23. The SMILES string of the molecule is Cc1ccc(/C=C/C(=O)NCCc2nc3c([nH]2)c(=O)n(C)c(=O)n3C)o1. The molecule has 3 aromatic rings. The van der Waals surface area contributed by atoms with E-state index in [2.05, 4.69) is 15.3 Å². The maximum absolute atomic E-state index is 12.1. The Morgan fingerprint density at radius 3 is 2.77 bits per heavy atom. The lowest BCUT2D eigenvalue weighted by Gasteiger charge is -2.00. The second-order valence-corrected chi connectivity index (χ2v) is 5.91. The van der Waals surface area contributed by atoms with Crippen molar-refractivity contribution in [3.05, 3.63) is 56.4 Å². The summed E-state index contributed by atoms with van der Waals surface area (Å²) >= 11 is 0. The molecule has 0 saturated heterocycles. The molecule has 9 nitrogen and oxygen atoms in total. The summed E-state index contributed by atoms with van der Waals surface area (Å²) in [5.41, 5.74) is -0.300. The quantitative estimate of drug-likeness (QED) is 0.635. The van der Waals surface area contributed by atoms with Crippen LogP contribution in [0.5, 0.6) is 0 Å². The van der Waals surface area contributed by atoms with Gasteiger partial charge < -0.3 is 14.7 Å². The van der Waals surface area contributed by atoms with Crippen LogP contribution in [0.2, 0.25) is 0 Å². The Morgan fingerprint density at radius 1 is 1.31 bits per heavy atom. The summed E-state index contributed by atoms with van der Waals surface area (Å²) in [6, 6.07) is 3.59. The molecule has 3 heterocycles. The number of aromatic amines is 1. The molecule has 0 aromatic carbocycles. The van der Waals surface area contributed by atoms with Gasteiger partial charge in [0.1, 0.15) is 22.9 Å². The van der Waals surface area contributed by atoms with Gasteiger partial charge in [0.2, 0.25) is 5.91 Å². The molecule has 26 heavy (non-hydrogen) atoms. The monoisotopic (exact) mass is 357 g/mol. The second-order valence-electron chi connectivity index (χ2n) is 5.91. The highest BCUT2D eigenvalue weighted by molar-refractivity contribution is 5.91. The first-order valence-corrected chi connectivity index (χ1v) is 8.04. The van der Waals surface area contributed by atoms with Gasteiger partial charge in [-0.15, -0.1) is 0 Å². The van der Waals surface area contributed by atoms with Gasteiger partial charge in [-0.05, 0) is 25.1 Å². The third-order valence-corrected chi connectivity index (χ3v) is 3.96. The number of imidazole rings is 1. The molecule has 2 N–H and O–H groups in total. The number of furan rings is 1. The van der Waals surface area contributed by atoms with E-state index in [0.717, 1.165) is 10.3 Å². The van der Waals surface area contributed by atoms with Gasteiger partial charge in [-0.3, -0.25) is 18.7 Å². The smallest absolute Gasteiger partial charge is 0.332 e. The molecule has 0 aliphatic heterocycles. The number of aromatic nitrogens is 4. The third kappa shape index (κ3) is 3.37. The van der Waals surface area contributed by atoms with Crippen LogP contribution in [0.25, 0.3) is 17.2 Å². The molecule has 3 aromatic heterocycles. The van der Waals surface area contributed by atoms with Crippen LogP contribution in [0.4, 0.5) is 0 Å². The van der Waals surface area contributed by atoms with Gasteiger partial charge in [0.05, 0.1) is 0 Å². The Hall–Kier alpha value is -3.36. The highest BCUT2D eigenvalue weighted by Crippen LogP contribution is 2.07. The van der Waals surface area contributed by atoms with E-state index in [1.54, 1.807) is 19.2 Å². The number of aryl methyl sites for hydroxylation is 2. The number of hydrogen-bond acceptors (Lipinski definition) is 5. The van der Waals surface area contributed by atoms with Gasteiger partial charge in [0.25, 0.3) is 5.56 Å². The molecular weight excluding hydrogens is 338 g/mol. The van der Waals surface area contributed by atoms with E-state index in [4.69, 9.17) is 4.42 Å². The van der Waals surface area contributed by atoms with Gasteiger partial charge in [-0.2, -0.15) is 0 Å². The molecule has 0 bridgehead atoms. The summed E-state index contributed by atoms with van der Waals surface area (Å²) in [5.74, 6) is 1.63. The highest BCUT2D eigenvalue weighted by atomic mass is 16.3. The van der Waals surface area contributed by atoms with Crippen molar-refractivity contribution in [2.45, 2.75) is 13.3 Å². The molecule has 0 radical (unpaired) electrons. The predicted octanol–water partition coefficient (Wildman–Crippen LogP) is 0.234. The number of fused-ring (bicyclic) bond motifs is 1. The predicted molar refractivity (Wildman–Crippen MR) is 95.8 cm³/mol. The van der Waals surface area contributed by atoms with Gasteiger partial charge >= 0.3 is 5.69 Å². The lowest BCUT2D eigenvalue weighted by atomic mass is 10.3. The zero-order chi connectivity index (χ0) is 18.8. The van der Waals surface area contributed by atoms with Crippen molar-refractivity contribution in [1.29, 1.82) is 0 Å². The normalized spacial score (nSPS) is 11.5. The molecule has 0 aliphatic carbocycles. The molecule has 9 heteroatoms. The van der Waals surface area contributed by atoms with E-state index in [1.807, 2.05) is 13.0 Å². The molecule has 1 amide bonds. The number of carbonyl (C=O) groups excluding carboxylic acids is 1. The van der Waals surface area contributed by atoms with Crippen LogP contribution in [0, 0.1) is 6.92 Å². The van der Waals surface area contributed by atoms with Crippen molar-refractivity contribution in [3.8, 4) is 0 Å². The number of nitrogens with one attached hydrogen (secondary N) is 2. The molecule has 0 aliphatic rings. The Kier molecular flexibility index (Phi) is 4.61. The second kappa shape index (κ2) is 6.87. The highest BCUT2D eigenvalue weighted by Gasteiger charge is 2.13. The van der Waals surface area contributed by atoms with Crippen molar-refractivity contribution in [1.82, 2.24) is 24.4 Å². The molecule has 0 atom stereocenters. The number of rotatable bonds is 5. The summed E-state index contributed by atoms with van der Waals surface area (Å²) in [6.07, 6.45) is 3.37. The van der Waals surface area contributed by atoms with E-state index in [-0.39, 0.29) is 11.4 Å². The summed E-state index contributed by atoms with van der Waals surface area (Å²) < 4.78 is 7.67. The average molecular weight is 357 g/mol. The Bertz CT molecular complexity index is 1110. The maximum atomic E-state index is 12.1. The fourth-order valence-electron chi connectivity index (χ4n) is 2.56. The first kappa shape index (κ1) is 17.5. The van der Waals surface area contributed by atoms with Crippen LogP contribution in [0.1, 0.15) is 17.3 Å². The van der Waals surface area contributed by atoms with Crippen molar-refractivity contribution >= 4 is 23.1 Å². The van der Waals surface area contributed by atoms with Crippen LogP contribution < -0.4 is 16.6 Å². The van der Waals surface area contributed by atoms with Crippen molar-refractivity contribution in [2.24, 2.45) is 14.1 Å². The van der Waals surface area contributed by atoms with Crippen LogP contribution in [0.3, 0.4) is 0 Å². The molecule has 0 fully saturated rings. The Balaban J connectivity index is 1.65. The fraction of sp³-hybridized carbons (Fsp3) is 0.294. The van der Waals surface area contributed by atoms with Crippen molar-refractivity contribution < 1.29 is 9.21 Å². The standard InChI is InChI=1S/C17H19N5O4/c1-10-4-5-11(26-10)6-7-13(23)18-9-8-12-19-14-15(20-12)21(2)17(25)22(3)16(14)24/h4-7H,8-9H2,1-3H3,(H,18,23)(H,19,20)/b7-6+. The van der Waals surface area contributed by atoms with Crippen LogP contribution in [0.15, 0.2) is 32.2 Å². The summed E-state index contributed by atoms with van der Waals surface area (Å²) in [5, 5.41) is 2.73. The van der Waals surface area contributed by atoms with E-state index >= 15 is 0 Å². The zero-order valence-electron chi connectivity index (χ0n) is 14.7. The summed E-state index contributed by atoms with van der Waals surface area (Å²) in [4.78, 5) is 43.0. The van der Waals surface area contributed by atoms with Crippen LogP contribution in [-0.4, -0.2) is 31.6 Å². The van der Waals surface area contributed by atoms with Crippen molar-refractivity contribution in [2.75, 3.05) is 6.54 Å². The molecule has 0 spiro atoms. The van der Waals surface area contributed by atoms with Gasteiger partial charge in [-0.1, -0.05) is 0 Å². The lowest BCUT2D eigenvalue weighted by Crippen LogP contribution is -2.36. The van der Waals surface area contributed by atoms with Gasteiger partial charge in [-0.25, -0.2) is 9.78 Å². The number of amides is 1. The van der Waals surface area contributed by atoms with E-state index in [1.165, 1.54) is 17.7 Å². The third-order valence-electron chi connectivity index (χ3n) is 3.96. The minimum Gasteiger partial charge on any atom is -0.462 e. The zero-order valence-corrected chi connectivity index (χ0v) is 14.7. The van der Waals surface area contributed by atoms with E-state index < -0.39 is 11.2 Å². The maximum Gasteiger partial charge on any atom is 0.332 e. The Labute approximate surface area is 148 Å². The van der Waals surface area contributed by atoms with E-state index in [0.29, 0.717) is 30.2 Å². The fourth-order valence-corrected chi connectivity index (χ4v) is 2.56. The molecule has 136 valence electrons. The minimum atomic E-state index is -0.438. The number of nitrogens with zero attached hydrogens (tertiary/aromatic N) is 3. The van der Waals surface area contributed by atoms with Gasteiger partial charge in [0.15, 0.2) is 5.65 Å². The number of carbonyl (C=O) groups is 1. The summed E-state index contributed by atoms with van der Waals surface area (Å²) in [7, 11) is 2.97. The first-order chi connectivity index (χ1) is 12.4. The Morgan fingerprint density at radius 2 is 2.08 bits per heavy atom. The molecule has 0 unspecified atom stereocenters. The largest absolute Gasteiger partial charge is 0.462 e. The first-order valence-electron chi connectivity index (χ1n) is 8.04. The van der Waals surface area contributed by atoms with Crippen LogP contribution in [-0.2, 0) is 25.3 Å². The van der Waals surface area contributed by atoms with E-state index in [9.17, 15) is 14.4 Å². The van der Waals surface area contributed by atoms with Crippen LogP contribution >= 0.6 is 0 Å². The van der Waals surface area contributed by atoms with Crippen molar-refractivity contribution in [3.63, 3.8) is 0 Å². The molecular formula is C17H19N5O4. The molecule has 0 saturated carbocycles. The number of H-pyrrole nitrogens is 1. The topological polar surface area (TPSA) is 115 Å².